The SMILES string of the molecule is Cc1ncnc(C)c1C(=O)NCc1ccc(CN(Cc2nccs2)C2CCCc3cccnc32)cc1. The number of aromatic nitrogens is 4. The Morgan fingerprint density at radius 2 is 1.78 bits per heavy atom. The highest BCUT2D eigenvalue weighted by molar-refractivity contribution is 7.09. The zero-order valence-corrected chi connectivity index (χ0v) is 21.5. The number of amides is 1. The van der Waals surface area contributed by atoms with E-state index in [0.717, 1.165) is 36.5 Å². The van der Waals surface area contributed by atoms with E-state index >= 15 is 0 Å². The van der Waals surface area contributed by atoms with Crippen LogP contribution < -0.4 is 5.32 Å². The number of nitrogens with zero attached hydrogens (tertiary/aromatic N) is 5. The van der Waals surface area contributed by atoms with Crippen molar-refractivity contribution < 1.29 is 4.79 Å². The minimum absolute atomic E-state index is 0.146. The molecule has 1 amide bonds. The van der Waals surface area contributed by atoms with Gasteiger partial charge < -0.3 is 5.32 Å². The molecule has 7 nitrogen and oxygen atoms in total. The van der Waals surface area contributed by atoms with Crippen LogP contribution in [-0.4, -0.2) is 30.7 Å². The second-order valence-corrected chi connectivity index (χ2v) is 10.2. The third-order valence-corrected chi connectivity index (χ3v) is 7.51. The van der Waals surface area contributed by atoms with E-state index in [1.165, 1.54) is 29.6 Å². The number of thiazole rings is 1. The van der Waals surface area contributed by atoms with Gasteiger partial charge in [0.05, 0.1) is 35.2 Å². The second-order valence-electron chi connectivity index (χ2n) is 9.21. The molecule has 1 N–H and O–H groups in total. The predicted octanol–water partition coefficient (Wildman–Crippen LogP) is 4.95. The Morgan fingerprint density at radius 3 is 2.53 bits per heavy atom. The first-order valence-electron chi connectivity index (χ1n) is 12.3. The van der Waals surface area contributed by atoms with E-state index in [-0.39, 0.29) is 11.9 Å². The van der Waals surface area contributed by atoms with Crippen molar-refractivity contribution >= 4 is 17.2 Å². The highest BCUT2D eigenvalue weighted by Crippen LogP contribution is 2.35. The van der Waals surface area contributed by atoms with Gasteiger partial charge in [0.2, 0.25) is 0 Å². The summed E-state index contributed by atoms with van der Waals surface area (Å²) in [6.07, 6.45) is 8.63. The fraction of sp³-hybridized carbons (Fsp3) is 0.321. The second kappa shape index (κ2) is 11.1. The lowest BCUT2D eigenvalue weighted by molar-refractivity contribution is 0.0948. The van der Waals surface area contributed by atoms with E-state index in [0.29, 0.717) is 23.5 Å². The van der Waals surface area contributed by atoms with Crippen LogP contribution in [0.1, 0.15) is 68.0 Å². The minimum Gasteiger partial charge on any atom is -0.348 e. The van der Waals surface area contributed by atoms with Crippen LogP contribution in [0.2, 0.25) is 0 Å². The first kappa shape index (κ1) is 24.2. The monoisotopic (exact) mass is 498 g/mol. The normalized spacial score (nSPS) is 15.0. The lowest BCUT2D eigenvalue weighted by Gasteiger charge is -2.34. The largest absolute Gasteiger partial charge is 0.348 e. The molecule has 0 saturated carbocycles. The molecular formula is C28H30N6OS. The van der Waals surface area contributed by atoms with Gasteiger partial charge in [0.1, 0.15) is 11.3 Å². The molecule has 5 rings (SSSR count). The van der Waals surface area contributed by atoms with E-state index in [9.17, 15) is 4.79 Å². The highest BCUT2D eigenvalue weighted by atomic mass is 32.1. The number of rotatable bonds is 8. The molecule has 3 aromatic heterocycles. The van der Waals surface area contributed by atoms with Crippen molar-refractivity contribution in [1.29, 1.82) is 0 Å². The first-order chi connectivity index (χ1) is 17.6. The molecule has 1 aliphatic carbocycles. The standard InChI is InChI=1S/C28H30N6OS/c1-19-26(20(2)33-18-32-19)28(35)31-15-21-8-10-22(11-9-21)16-34(17-25-29-13-14-36-25)24-7-3-5-23-6-4-12-30-27(23)24/h4,6,8-14,18,24H,3,5,7,15-17H2,1-2H3,(H,31,35). The van der Waals surface area contributed by atoms with Gasteiger partial charge in [-0.15, -0.1) is 11.3 Å². The quantitative estimate of drug-likeness (QED) is 0.370. The Kier molecular flexibility index (Phi) is 7.44. The Hall–Kier alpha value is -3.49. The third-order valence-electron chi connectivity index (χ3n) is 6.74. The molecule has 1 atom stereocenters. The van der Waals surface area contributed by atoms with E-state index < -0.39 is 0 Å². The van der Waals surface area contributed by atoms with E-state index in [1.54, 1.807) is 11.3 Å². The van der Waals surface area contributed by atoms with Gasteiger partial charge in [-0.3, -0.25) is 14.7 Å². The van der Waals surface area contributed by atoms with Gasteiger partial charge in [-0.25, -0.2) is 15.0 Å². The number of pyridine rings is 1. The molecule has 184 valence electrons. The third kappa shape index (κ3) is 5.50. The van der Waals surface area contributed by atoms with E-state index in [4.69, 9.17) is 4.98 Å². The summed E-state index contributed by atoms with van der Waals surface area (Å²) >= 11 is 1.70. The summed E-state index contributed by atoms with van der Waals surface area (Å²) in [5.41, 5.74) is 6.77. The Labute approximate surface area is 215 Å². The van der Waals surface area contributed by atoms with Crippen LogP contribution in [0.4, 0.5) is 0 Å². The van der Waals surface area contributed by atoms with Crippen molar-refractivity contribution in [2.75, 3.05) is 0 Å². The predicted molar refractivity (Wildman–Crippen MR) is 140 cm³/mol. The fourth-order valence-corrected chi connectivity index (χ4v) is 5.55. The smallest absolute Gasteiger partial charge is 0.255 e. The van der Waals surface area contributed by atoms with Gasteiger partial charge >= 0.3 is 0 Å². The van der Waals surface area contributed by atoms with Crippen LogP contribution in [0, 0.1) is 13.8 Å². The van der Waals surface area contributed by atoms with Gasteiger partial charge in [0.15, 0.2) is 0 Å². The molecule has 0 spiro atoms. The van der Waals surface area contributed by atoms with Gasteiger partial charge in [-0.1, -0.05) is 30.3 Å². The van der Waals surface area contributed by atoms with Crippen molar-refractivity contribution in [2.24, 2.45) is 0 Å². The molecule has 4 aromatic rings. The molecule has 1 aromatic carbocycles. The summed E-state index contributed by atoms with van der Waals surface area (Å²) in [5.74, 6) is -0.146. The molecule has 0 saturated heterocycles. The molecule has 0 aliphatic heterocycles. The Bertz CT molecular complexity index is 1300. The number of nitrogens with one attached hydrogen (secondary N) is 1. The number of aryl methyl sites for hydroxylation is 3. The number of carbonyl (C=O) groups excluding carboxylic acids is 1. The highest BCUT2D eigenvalue weighted by Gasteiger charge is 2.28. The summed E-state index contributed by atoms with van der Waals surface area (Å²) in [6.45, 7) is 5.72. The maximum atomic E-state index is 12.7. The van der Waals surface area contributed by atoms with Gasteiger partial charge in [-0.05, 0) is 55.9 Å². The van der Waals surface area contributed by atoms with E-state index in [1.807, 2.05) is 37.7 Å². The van der Waals surface area contributed by atoms with E-state index in [2.05, 4.69) is 55.5 Å². The average molecular weight is 499 g/mol. The summed E-state index contributed by atoms with van der Waals surface area (Å²) in [6, 6.07) is 13.0. The van der Waals surface area contributed by atoms with Crippen molar-refractivity contribution in [3.63, 3.8) is 0 Å². The van der Waals surface area contributed by atoms with Crippen LogP contribution in [0.3, 0.4) is 0 Å². The van der Waals surface area contributed by atoms with Crippen LogP contribution >= 0.6 is 11.3 Å². The van der Waals surface area contributed by atoms with Crippen LogP contribution in [0.25, 0.3) is 0 Å². The summed E-state index contributed by atoms with van der Waals surface area (Å²) in [7, 11) is 0. The number of carbonyl (C=O) groups is 1. The van der Waals surface area contributed by atoms with Gasteiger partial charge in [-0.2, -0.15) is 0 Å². The molecule has 0 fully saturated rings. The Morgan fingerprint density at radius 1 is 1.00 bits per heavy atom. The molecule has 0 radical (unpaired) electrons. The van der Waals surface area contributed by atoms with Gasteiger partial charge in [0, 0.05) is 30.9 Å². The maximum absolute atomic E-state index is 12.7. The van der Waals surface area contributed by atoms with Gasteiger partial charge in [0.25, 0.3) is 5.91 Å². The molecule has 36 heavy (non-hydrogen) atoms. The summed E-state index contributed by atoms with van der Waals surface area (Å²) in [4.78, 5) is 32.8. The number of hydrogen-bond acceptors (Lipinski definition) is 7. The molecular weight excluding hydrogens is 468 g/mol. The summed E-state index contributed by atoms with van der Waals surface area (Å²) < 4.78 is 0. The Balaban J connectivity index is 1.29. The summed E-state index contributed by atoms with van der Waals surface area (Å²) in [5, 5.41) is 6.16. The van der Waals surface area contributed by atoms with Crippen LogP contribution in [0.15, 0.2) is 60.5 Å². The van der Waals surface area contributed by atoms with Crippen molar-refractivity contribution in [3.8, 4) is 0 Å². The van der Waals surface area contributed by atoms with Crippen molar-refractivity contribution in [1.82, 2.24) is 30.2 Å². The lowest BCUT2D eigenvalue weighted by atomic mass is 9.90. The zero-order chi connectivity index (χ0) is 24.9. The fourth-order valence-electron chi connectivity index (χ4n) is 4.91. The molecule has 1 unspecified atom stereocenters. The number of benzene rings is 1. The number of fused-ring (bicyclic) bond motifs is 1. The van der Waals surface area contributed by atoms with Crippen LogP contribution in [-0.2, 0) is 26.1 Å². The van der Waals surface area contributed by atoms with Crippen LogP contribution in [0.5, 0.6) is 0 Å². The first-order valence-corrected chi connectivity index (χ1v) is 13.2. The lowest BCUT2D eigenvalue weighted by Crippen LogP contribution is -2.31. The zero-order valence-electron chi connectivity index (χ0n) is 20.6. The number of hydrogen-bond donors (Lipinski definition) is 1. The average Bonchev–Trinajstić information content (AvgIpc) is 3.41. The van der Waals surface area contributed by atoms with Crippen molar-refractivity contribution in [2.45, 2.75) is 58.8 Å². The topological polar surface area (TPSA) is 83.9 Å². The molecule has 1 aliphatic rings. The maximum Gasteiger partial charge on any atom is 0.255 e. The van der Waals surface area contributed by atoms with Crippen molar-refractivity contribution in [3.05, 3.63) is 105 Å². The molecule has 8 heteroatoms. The molecule has 3 heterocycles. The minimum atomic E-state index is -0.146. The molecule has 0 bridgehead atoms.